The van der Waals surface area contributed by atoms with Gasteiger partial charge in [0.15, 0.2) is 5.69 Å². The van der Waals surface area contributed by atoms with Crippen molar-refractivity contribution in [2.45, 2.75) is 0 Å². The van der Waals surface area contributed by atoms with Crippen LogP contribution in [0.25, 0.3) is 6.08 Å². The van der Waals surface area contributed by atoms with E-state index in [4.69, 9.17) is 0 Å². The number of rotatable bonds is 4. The predicted octanol–water partition coefficient (Wildman–Crippen LogP) is 1.95. The lowest BCUT2D eigenvalue weighted by Crippen LogP contribution is -2.48. The summed E-state index contributed by atoms with van der Waals surface area (Å²) in [7, 11) is 0. The summed E-state index contributed by atoms with van der Waals surface area (Å²) in [6, 6.07) is 13.7. The van der Waals surface area contributed by atoms with Gasteiger partial charge in [-0.2, -0.15) is 5.10 Å². The second kappa shape index (κ2) is 7.65. The van der Waals surface area contributed by atoms with Gasteiger partial charge in [0, 0.05) is 38.9 Å². The molecule has 1 aromatic carbocycles. The largest absolute Gasteiger partial charge is 0.335 e. The van der Waals surface area contributed by atoms with E-state index in [-0.39, 0.29) is 5.91 Å². The SMILES string of the molecule is O=C(c1cccnn1)N1CCN(C/C=C/c2ccccc2)CC1. The van der Waals surface area contributed by atoms with E-state index in [9.17, 15) is 4.79 Å². The van der Waals surface area contributed by atoms with Gasteiger partial charge in [0.25, 0.3) is 5.91 Å². The van der Waals surface area contributed by atoms with Crippen LogP contribution in [0.2, 0.25) is 0 Å². The maximum Gasteiger partial charge on any atom is 0.274 e. The van der Waals surface area contributed by atoms with Gasteiger partial charge in [-0.3, -0.25) is 9.69 Å². The maximum absolute atomic E-state index is 12.3. The number of aromatic nitrogens is 2. The van der Waals surface area contributed by atoms with Crippen molar-refractivity contribution in [2.24, 2.45) is 0 Å². The van der Waals surface area contributed by atoms with Crippen LogP contribution in [0.5, 0.6) is 0 Å². The number of hydrogen-bond donors (Lipinski definition) is 0. The van der Waals surface area contributed by atoms with Crippen LogP contribution in [0.1, 0.15) is 16.1 Å². The van der Waals surface area contributed by atoms with E-state index < -0.39 is 0 Å². The summed E-state index contributed by atoms with van der Waals surface area (Å²) in [4.78, 5) is 16.5. The number of piperazine rings is 1. The zero-order valence-corrected chi connectivity index (χ0v) is 13.0. The molecule has 2 heterocycles. The first kappa shape index (κ1) is 15.4. The number of carbonyl (C=O) groups is 1. The van der Waals surface area contributed by atoms with Crippen molar-refractivity contribution in [3.05, 3.63) is 66.0 Å². The molecule has 1 aliphatic rings. The second-order valence-corrected chi connectivity index (χ2v) is 5.51. The normalized spacial score (nSPS) is 15.9. The zero-order chi connectivity index (χ0) is 15.9. The van der Waals surface area contributed by atoms with E-state index in [1.165, 1.54) is 5.56 Å². The van der Waals surface area contributed by atoms with Crippen molar-refractivity contribution < 1.29 is 4.79 Å². The molecule has 0 spiro atoms. The molecule has 0 bridgehead atoms. The predicted molar refractivity (Wildman–Crippen MR) is 89.9 cm³/mol. The monoisotopic (exact) mass is 308 g/mol. The van der Waals surface area contributed by atoms with Crippen molar-refractivity contribution in [3.8, 4) is 0 Å². The molecule has 5 nitrogen and oxygen atoms in total. The lowest BCUT2D eigenvalue weighted by Gasteiger charge is -2.33. The molecule has 1 aromatic heterocycles. The molecule has 5 heteroatoms. The first-order chi connectivity index (χ1) is 11.3. The van der Waals surface area contributed by atoms with Gasteiger partial charge in [-0.25, -0.2) is 0 Å². The molecule has 23 heavy (non-hydrogen) atoms. The number of carbonyl (C=O) groups excluding carboxylic acids is 1. The number of hydrogen-bond acceptors (Lipinski definition) is 4. The van der Waals surface area contributed by atoms with E-state index in [1.54, 1.807) is 18.3 Å². The highest BCUT2D eigenvalue weighted by Gasteiger charge is 2.22. The summed E-state index contributed by atoms with van der Waals surface area (Å²) < 4.78 is 0. The zero-order valence-electron chi connectivity index (χ0n) is 13.0. The molecular weight excluding hydrogens is 288 g/mol. The third kappa shape index (κ3) is 4.23. The fourth-order valence-corrected chi connectivity index (χ4v) is 2.61. The molecule has 3 rings (SSSR count). The average Bonchev–Trinajstić information content (AvgIpc) is 2.63. The van der Waals surface area contributed by atoms with E-state index >= 15 is 0 Å². The summed E-state index contributed by atoms with van der Waals surface area (Å²) >= 11 is 0. The van der Waals surface area contributed by atoms with Crippen LogP contribution in [0.15, 0.2) is 54.7 Å². The Kier molecular flexibility index (Phi) is 5.11. The fraction of sp³-hybridized carbons (Fsp3) is 0.278. The maximum atomic E-state index is 12.3. The second-order valence-electron chi connectivity index (χ2n) is 5.51. The van der Waals surface area contributed by atoms with Crippen LogP contribution < -0.4 is 0 Å². The lowest BCUT2D eigenvalue weighted by atomic mass is 10.2. The highest BCUT2D eigenvalue weighted by Crippen LogP contribution is 2.07. The van der Waals surface area contributed by atoms with Crippen LogP contribution in [0, 0.1) is 0 Å². The molecule has 118 valence electrons. The Morgan fingerprint density at radius 2 is 1.83 bits per heavy atom. The van der Waals surface area contributed by atoms with Crippen LogP contribution in [0.4, 0.5) is 0 Å². The molecule has 0 unspecified atom stereocenters. The Labute approximate surface area is 136 Å². The van der Waals surface area contributed by atoms with Crippen molar-refractivity contribution in [1.29, 1.82) is 0 Å². The van der Waals surface area contributed by atoms with E-state index in [0.29, 0.717) is 5.69 Å². The molecule has 0 aliphatic carbocycles. The Balaban J connectivity index is 1.47. The van der Waals surface area contributed by atoms with E-state index in [2.05, 4.69) is 39.4 Å². The molecule has 1 saturated heterocycles. The highest BCUT2D eigenvalue weighted by molar-refractivity contribution is 5.92. The third-order valence-corrected chi connectivity index (χ3v) is 3.92. The molecule has 1 amide bonds. The first-order valence-electron chi connectivity index (χ1n) is 7.84. The molecule has 0 N–H and O–H groups in total. The summed E-state index contributed by atoms with van der Waals surface area (Å²) in [6.07, 6.45) is 5.89. The smallest absolute Gasteiger partial charge is 0.274 e. The van der Waals surface area contributed by atoms with Gasteiger partial charge in [0.05, 0.1) is 0 Å². The standard InChI is InChI=1S/C18H20N4O/c23-18(17-9-4-10-19-20-17)22-14-12-21(13-15-22)11-5-8-16-6-2-1-3-7-16/h1-10H,11-15H2/b8-5+. The molecule has 0 radical (unpaired) electrons. The van der Waals surface area contributed by atoms with Crippen LogP contribution in [0.3, 0.4) is 0 Å². The molecule has 0 atom stereocenters. The molecule has 0 saturated carbocycles. The molecule has 2 aromatic rings. The third-order valence-electron chi connectivity index (χ3n) is 3.92. The summed E-state index contributed by atoms with van der Waals surface area (Å²) in [5, 5.41) is 7.66. The van der Waals surface area contributed by atoms with Gasteiger partial charge < -0.3 is 4.90 Å². The van der Waals surface area contributed by atoms with Gasteiger partial charge in [0.2, 0.25) is 0 Å². The van der Waals surface area contributed by atoms with Gasteiger partial charge >= 0.3 is 0 Å². The summed E-state index contributed by atoms with van der Waals surface area (Å²) in [5.41, 5.74) is 1.63. The van der Waals surface area contributed by atoms with Gasteiger partial charge in [-0.05, 0) is 17.7 Å². The van der Waals surface area contributed by atoms with Gasteiger partial charge in [-0.1, -0.05) is 42.5 Å². The summed E-state index contributed by atoms with van der Waals surface area (Å²) in [5.74, 6) is -0.0300. The van der Waals surface area contributed by atoms with Gasteiger partial charge in [0.1, 0.15) is 0 Å². The highest BCUT2D eigenvalue weighted by atomic mass is 16.2. The van der Waals surface area contributed by atoms with Crippen molar-refractivity contribution in [3.63, 3.8) is 0 Å². The summed E-state index contributed by atoms with van der Waals surface area (Å²) in [6.45, 7) is 4.13. The van der Waals surface area contributed by atoms with Crippen LogP contribution in [-0.4, -0.2) is 58.6 Å². The molecule has 1 aliphatic heterocycles. The first-order valence-corrected chi connectivity index (χ1v) is 7.84. The topological polar surface area (TPSA) is 49.3 Å². The Bertz CT molecular complexity index is 649. The Morgan fingerprint density at radius 1 is 1.04 bits per heavy atom. The van der Waals surface area contributed by atoms with E-state index in [1.807, 2.05) is 23.1 Å². The quantitative estimate of drug-likeness (QED) is 0.866. The van der Waals surface area contributed by atoms with Crippen LogP contribution in [-0.2, 0) is 0 Å². The minimum absolute atomic E-state index is 0.0300. The minimum atomic E-state index is -0.0300. The number of benzene rings is 1. The fourth-order valence-electron chi connectivity index (χ4n) is 2.61. The number of amides is 1. The Hall–Kier alpha value is -2.53. The molecular formula is C18H20N4O. The van der Waals surface area contributed by atoms with Crippen LogP contribution >= 0.6 is 0 Å². The van der Waals surface area contributed by atoms with Gasteiger partial charge in [-0.15, -0.1) is 5.10 Å². The average molecular weight is 308 g/mol. The van der Waals surface area contributed by atoms with Crippen molar-refractivity contribution >= 4 is 12.0 Å². The van der Waals surface area contributed by atoms with Crippen molar-refractivity contribution in [2.75, 3.05) is 32.7 Å². The molecule has 1 fully saturated rings. The minimum Gasteiger partial charge on any atom is -0.335 e. The number of nitrogens with zero attached hydrogens (tertiary/aromatic N) is 4. The Morgan fingerprint density at radius 3 is 2.52 bits per heavy atom. The van der Waals surface area contributed by atoms with E-state index in [0.717, 1.165) is 32.7 Å². The van der Waals surface area contributed by atoms with Crippen molar-refractivity contribution in [1.82, 2.24) is 20.0 Å². The lowest BCUT2D eigenvalue weighted by molar-refractivity contribution is 0.0643.